The van der Waals surface area contributed by atoms with E-state index in [1.165, 1.54) is 6.20 Å². The molecule has 0 radical (unpaired) electrons. The molecule has 1 aliphatic rings. The summed E-state index contributed by atoms with van der Waals surface area (Å²) in [5.41, 5.74) is 0. The van der Waals surface area contributed by atoms with Crippen LogP contribution < -0.4 is 5.32 Å². The Morgan fingerprint density at radius 1 is 1.53 bits per heavy atom. The molecule has 19 heavy (non-hydrogen) atoms. The molecule has 108 valence electrons. The van der Waals surface area contributed by atoms with Crippen LogP contribution in [0.15, 0.2) is 17.3 Å². The Labute approximate surface area is 114 Å². The second kappa shape index (κ2) is 6.02. The molecule has 0 saturated heterocycles. The predicted molar refractivity (Wildman–Crippen MR) is 73.4 cm³/mol. The highest BCUT2D eigenvalue weighted by Gasteiger charge is 2.37. The Bertz CT molecular complexity index is 508. The van der Waals surface area contributed by atoms with E-state index in [-0.39, 0.29) is 6.04 Å². The standard InChI is InChI=1S/C12H22N4O2S/c1-3-7-16(11-4-5-11)19(17,18)12-9-14-15(10-12)8-6-13-2/h9-11,13H,3-8H2,1-2H3. The van der Waals surface area contributed by atoms with Crippen LogP contribution in [0.4, 0.5) is 0 Å². The van der Waals surface area contributed by atoms with E-state index in [9.17, 15) is 8.42 Å². The van der Waals surface area contributed by atoms with Gasteiger partial charge < -0.3 is 5.32 Å². The van der Waals surface area contributed by atoms with E-state index in [2.05, 4.69) is 10.4 Å². The lowest BCUT2D eigenvalue weighted by molar-refractivity contribution is 0.403. The average Bonchev–Trinajstić information content (AvgIpc) is 3.10. The molecule has 0 spiro atoms. The maximum Gasteiger partial charge on any atom is 0.246 e. The lowest BCUT2D eigenvalue weighted by atomic mass is 10.5. The second-order valence-corrected chi connectivity index (χ2v) is 6.78. The largest absolute Gasteiger partial charge is 0.318 e. The fraction of sp³-hybridized carbons (Fsp3) is 0.750. The molecule has 1 heterocycles. The smallest absolute Gasteiger partial charge is 0.246 e. The number of nitrogens with zero attached hydrogens (tertiary/aromatic N) is 3. The summed E-state index contributed by atoms with van der Waals surface area (Å²) in [6.07, 6.45) is 5.87. The first-order chi connectivity index (χ1) is 9.09. The SMILES string of the molecule is CCCN(C1CC1)S(=O)(=O)c1cnn(CCNC)c1. The van der Waals surface area contributed by atoms with Crippen molar-refractivity contribution in [2.24, 2.45) is 0 Å². The number of likely N-dealkylation sites (N-methyl/N-ethyl adjacent to an activating group) is 1. The van der Waals surface area contributed by atoms with Gasteiger partial charge in [0.2, 0.25) is 10.0 Å². The van der Waals surface area contributed by atoms with Crippen LogP contribution >= 0.6 is 0 Å². The molecule has 0 aliphatic heterocycles. The zero-order chi connectivity index (χ0) is 13.9. The van der Waals surface area contributed by atoms with Crippen LogP contribution in [0.25, 0.3) is 0 Å². The van der Waals surface area contributed by atoms with Crippen molar-refractivity contribution in [1.82, 2.24) is 19.4 Å². The van der Waals surface area contributed by atoms with Crippen LogP contribution in [0.5, 0.6) is 0 Å². The molecule has 0 unspecified atom stereocenters. The number of sulfonamides is 1. The minimum atomic E-state index is -3.37. The molecule has 0 atom stereocenters. The minimum Gasteiger partial charge on any atom is -0.318 e. The molecular formula is C12H22N4O2S. The molecule has 6 nitrogen and oxygen atoms in total. The second-order valence-electron chi connectivity index (χ2n) is 4.89. The van der Waals surface area contributed by atoms with Crippen LogP contribution in [0.3, 0.4) is 0 Å². The summed E-state index contributed by atoms with van der Waals surface area (Å²) in [5, 5.41) is 7.13. The molecule has 2 rings (SSSR count). The highest BCUT2D eigenvalue weighted by Crippen LogP contribution is 2.31. The van der Waals surface area contributed by atoms with Gasteiger partial charge in [-0.25, -0.2) is 8.42 Å². The summed E-state index contributed by atoms with van der Waals surface area (Å²) in [6, 6.07) is 0.200. The van der Waals surface area contributed by atoms with Gasteiger partial charge in [-0.2, -0.15) is 9.40 Å². The predicted octanol–water partition coefficient (Wildman–Crippen LogP) is 0.666. The number of hydrogen-bond donors (Lipinski definition) is 1. The van der Waals surface area contributed by atoms with Crippen molar-refractivity contribution >= 4 is 10.0 Å². The van der Waals surface area contributed by atoms with E-state index in [1.54, 1.807) is 15.2 Å². The summed E-state index contributed by atoms with van der Waals surface area (Å²) in [7, 11) is -1.52. The van der Waals surface area contributed by atoms with Crippen molar-refractivity contribution in [2.45, 2.75) is 43.7 Å². The minimum absolute atomic E-state index is 0.200. The lowest BCUT2D eigenvalue weighted by Gasteiger charge is -2.19. The van der Waals surface area contributed by atoms with Crippen molar-refractivity contribution in [3.63, 3.8) is 0 Å². The van der Waals surface area contributed by atoms with Gasteiger partial charge >= 0.3 is 0 Å². The highest BCUT2D eigenvalue weighted by molar-refractivity contribution is 7.89. The van der Waals surface area contributed by atoms with Gasteiger partial charge in [-0.05, 0) is 26.3 Å². The molecule has 1 saturated carbocycles. The topological polar surface area (TPSA) is 67.2 Å². The van der Waals surface area contributed by atoms with E-state index >= 15 is 0 Å². The summed E-state index contributed by atoms with van der Waals surface area (Å²) in [4.78, 5) is 0.309. The van der Waals surface area contributed by atoms with E-state index < -0.39 is 10.0 Å². The van der Waals surface area contributed by atoms with Crippen molar-refractivity contribution in [3.05, 3.63) is 12.4 Å². The van der Waals surface area contributed by atoms with Crippen molar-refractivity contribution in [2.75, 3.05) is 20.1 Å². The van der Waals surface area contributed by atoms with Gasteiger partial charge in [0.25, 0.3) is 0 Å². The quantitative estimate of drug-likeness (QED) is 0.762. The lowest BCUT2D eigenvalue weighted by Crippen LogP contribution is -2.33. The monoisotopic (exact) mass is 286 g/mol. The van der Waals surface area contributed by atoms with E-state index in [4.69, 9.17) is 0 Å². The molecule has 0 bridgehead atoms. The Kier molecular flexibility index (Phi) is 4.59. The van der Waals surface area contributed by atoms with Gasteiger partial charge in [0.05, 0.1) is 12.7 Å². The maximum absolute atomic E-state index is 12.5. The normalized spacial score (nSPS) is 16.2. The van der Waals surface area contributed by atoms with E-state index in [0.717, 1.165) is 25.8 Å². The summed E-state index contributed by atoms with van der Waals surface area (Å²) in [5.74, 6) is 0. The number of aromatic nitrogens is 2. The molecule has 7 heteroatoms. The van der Waals surface area contributed by atoms with Crippen molar-refractivity contribution in [3.8, 4) is 0 Å². The summed E-state index contributed by atoms with van der Waals surface area (Å²) >= 11 is 0. The fourth-order valence-electron chi connectivity index (χ4n) is 2.04. The highest BCUT2D eigenvalue weighted by atomic mass is 32.2. The third kappa shape index (κ3) is 3.34. The van der Waals surface area contributed by atoms with Gasteiger partial charge in [0.1, 0.15) is 4.90 Å². The molecule has 1 aromatic rings. The van der Waals surface area contributed by atoms with E-state index in [1.807, 2.05) is 14.0 Å². The van der Waals surface area contributed by atoms with Gasteiger partial charge in [-0.15, -0.1) is 0 Å². The average molecular weight is 286 g/mol. The molecule has 1 N–H and O–H groups in total. The number of hydrogen-bond acceptors (Lipinski definition) is 4. The molecule has 0 amide bonds. The molecule has 1 aliphatic carbocycles. The first kappa shape index (κ1) is 14.5. The van der Waals surface area contributed by atoms with Crippen LogP contribution in [0.2, 0.25) is 0 Å². The molecule has 0 aromatic carbocycles. The Morgan fingerprint density at radius 3 is 2.84 bits per heavy atom. The number of rotatable bonds is 8. The molecular weight excluding hydrogens is 264 g/mol. The molecule has 1 aromatic heterocycles. The number of nitrogens with one attached hydrogen (secondary N) is 1. The third-order valence-corrected chi connectivity index (χ3v) is 5.11. The molecule has 1 fully saturated rings. The van der Waals surface area contributed by atoms with E-state index in [0.29, 0.717) is 18.0 Å². The van der Waals surface area contributed by atoms with Crippen LogP contribution in [-0.2, 0) is 16.6 Å². The van der Waals surface area contributed by atoms with Crippen LogP contribution in [0, 0.1) is 0 Å². The first-order valence-electron chi connectivity index (χ1n) is 6.78. The van der Waals surface area contributed by atoms with Gasteiger partial charge in [-0.1, -0.05) is 6.92 Å². The van der Waals surface area contributed by atoms with Crippen LogP contribution in [-0.4, -0.2) is 48.7 Å². The van der Waals surface area contributed by atoms with Crippen molar-refractivity contribution < 1.29 is 8.42 Å². The summed E-state index contributed by atoms with van der Waals surface area (Å²) in [6.45, 7) is 4.03. The third-order valence-electron chi connectivity index (χ3n) is 3.21. The Balaban J connectivity index is 2.15. The summed E-state index contributed by atoms with van der Waals surface area (Å²) < 4.78 is 28.4. The van der Waals surface area contributed by atoms with Crippen molar-refractivity contribution in [1.29, 1.82) is 0 Å². The first-order valence-corrected chi connectivity index (χ1v) is 8.22. The zero-order valence-electron chi connectivity index (χ0n) is 11.5. The Hall–Kier alpha value is -0.920. The van der Waals surface area contributed by atoms with Gasteiger partial charge in [0, 0.05) is 25.3 Å². The van der Waals surface area contributed by atoms with Crippen LogP contribution in [0.1, 0.15) is 26.2 Å². The maximum atomic E-state index is 12.5. The Morgan fingerprint density at radius 2 is 2.26 bits per heavy atom. The zero-order valence-corrected chi connectivity index (χ0v) is 12.4. The fourth-order valence-corrected chi connectivity index (χ4v) is 3.78. The van der Waals surface area contributed by atoms with Gasteiger partial charge in [-0.3, -0.25) is 4.68 Å². The van der Waals surface area contributed by atoms with Gasteiger partial charge in [0.15, 0.2) is 0 Å².